The SMILES string of the molecule is Oc1cc(F)cc(CN2CCC3CCC(C2)N3)c1. The van der Waals surface area contributed by atoms with Gasteiger partial charge in [-0.15, -0.1) is 0 Å². The van der Waals surface area contributed by atoms with Crippen molar-refractivity contribution in [2.24, 2.45) is 0 Å². The first-order chi connectivity index (χ1) is 8.69. The quantitative estimate of drug-likeness (QED) is 0.841. The van der Waals surface area contributed by atoms with Crippen molar-refractivity contribution < 1.29 is 9.50 Å². The summed E-state index contributed by atoms with van der Waals surface area (Å²) in [4.78, 5) is 2.35. The number of phenolic OH excluding ortho intramolecular Hbond substituents is 1. The average molecular weight is 250 g/mol. The third kappa shape index (κ3) is 2.65. The molecule has 2 unspecified atom stereocenters. The summed E-state index contributed by atoms with van der Waals surface area (Å²) in [6, 6.07) is 5.56. The van der Waals surface area contributed by atoms with E-state index in [0.717, 1.165) is 37.7 Å². The van der Waals surface area contributed by atoms with Crippen molar-refractivity contribution in [1.29, 1.82) is 0 Å². The summed E-state index contributed by atoms with van der Waals surface area (Å²) in [6.07, 6.45) is 3.70. The minimum absolute atomic E-state index is 0.0134. The number of nitrogens with zero attached hydrogens (tertiary/aromatic N) is 1. The van der Waals surface area contributed by atoms with Gasteiger partial charge in [0.05, 0.1) is 0 Å². The molecule has 2 atom stereocenters. The number of aromatic hydroxyl groups is 1. The van der Waals surface area contributed by atoms with Crippen molar-refractivity contribution in [2.75, 3.05) is 13.1 Å². The van der Waals surface area contributed by atoms with Gasteiger partial charge in [-0.3, -0.25) is 4.90 Å². The minimum atomic E-state index is -0.362. The van der Waals surface area contributed by atoms with Gasteiger partial charge in [-0.2, -0.15) is 0 Å². The van der Waals surface area contributed by atoms with Crippen LogP contribution in [-0.2, 0) is 6.54 Å². The maximum absolute atomic E-state index is 13.2. The van der Waals surface area contributed by atoms with E-state index in [0.29, 0.717) is 12.1 Å². The minimum Gasteiger partial charge on any atom is -0.508 e. The summed E-state index contributed by atoms with van der Waals surface area (Å²) in [5.74, 6) is -0.348. The monoisotopic (exact) mass is 250 g/mol. The number of fused-ring (bicyclic) bond motifs is 2. The highest BCUT2D eigenvalue weighted by atomic mass is 19.1. The Balaban J connectivity index is 1.68. The van der Waals surface area contributed by atoms with Crippen molar-refractivity contribution in [1.82, 2.24) is 10.2 Å². The molecule has 98 valence electrons. The van der Waals surface area contributed by atoms with Gasteiger partial charge in [-0.1, -0.05) is 0 Å². The number of hydrogen-bond acceptors (Lipinski definition) is 3. The lowest BCUT2D eigenvalue weighted by molar-refractivity contribution is 0.250. The van der Waals surface area contributed by atoms with Crippen LogP contribution < -0.4 is 5.32 Å². The predicted molar refractivity (Wildman–Crippen MR) is 67.9 cm³/mol. The summed E-state index contributed by atoms with van der Waals surface area (Å²) < 4.78 is 13.2. The Morgan fingerprint density at radius 2 is 2.06 bits per heavy atom. The van der Waals surface area contributed by atoms with Crippen LogP contribution in [-0.4, -0.2) is 35.2 Å². The van der Waals surface area contributed by atoms with Crippen molar-refractivity contribution in [3.8, 4) is 5.75 Å². The Morgan fingerprint density at radius 3 is 2.89 bits per heavy atom. The van der Waals surface area contributed by atoms with Gasteiger partial charge in [-0.25, -0.2) is 4.39 Å². The Hall–Kier alpha value is -1.13. The van der Waals surface area contributed by atoms with Crippen molar-refractivity contribution in [3.63, 3.8) is 0 Å². The van der Waals surface area contributed by atoms with Crippen molar-refractivity contribution in [2.45, 2.75) is 37.9 Å². The van der Waals surface area contributed by atoms with Gasteiger partial charge in [0, 0.05) is 37.8 Å². The molecular weight excluding hydrogens is 231 g/mol. The summed E-state index contributed by atoms with van der Waals surface area (Å²) in [6.45, 7) is 2.79. The zero-order chi connectivity index (χ0) is 12.5. The van der Waals surface area contributed by atoms with E-state index in [-0.39, 0.29) is 11.6 Å². The maximum Gasteiger partial charge on any atom is 0.127 e. The zero-order valence-corrected chi connectivity index (χ0v) is 10.4. The second-order valence-corrected chi connectivity index (χ2v) is 5.48. The lowest BCUT2D eigenvalue weighted by atomic mass is 10.1. The van der Waals surface area contributed by atoms with Gasteiger partial charge in [0.25, 0.3) is 0 Å². The molecule has 2 N–H and O–H groups in total. The van der Waals surface area contributed by atoms with Gasteiger partial charge in [0.2, 0.25) is 0 Å². The van der Waals surface area contributed by atoms with Crippen LogP contribution in [0.1, 0.15) is 24.8 Å². The van der Waals surface area contributed by atoms with Gasteiger partial charge in [0.15, 0.2) is 0 Å². The molecule has 2 heterocycles. The molecule has 0 saturated carbocycles. The fourth-order valence-corrected chi connectivity index (χ4v) is 3.14. The highest BCUT2D eigenvalue weighted by Gasteiger charge is 2.29. The number of likely N-dealkylation sites (tertiary alicyclic amines) is 1. The molecule has 0 aliphatic carbocycles. The molecule has 4 heteroatoms. The normalized spacial score (nSPS) is 28.3. The van der Waals surface area contributed by atoms with Crippen LogP contribution >= 0.6 is 0 Å². The van der Waals surface area contributed by atoms with Crippen LogP contribution in [0.5, 0.6) is 5.75 Å². The first kappa shape index (κ1) is 11.9. The Labute approximate surface area is 107 Å². The average Bonchev–Trinajstić information content (AvgIpc) is 2.61. The van der Waals surface area contributed by atoms with E-state index in [1.165, 1.54) is 18.9 Å². The van der Waals surface area contributed by atoms with E-state index in [9.17, 15) is 9.50 Å². The van der Waals surface area contributed by atoms with E-state index in [4.69, 9.17) is 0 Å². The van der Waals surface area contributed by atoms with Gasteiger partial charge in [-0.05, 0) is 37.0 Å². The fourth-order valence-electron chi connectivity index (χ4n) is 3.14. The van der Waals surface area contributed by atoms with E-state index in [2.05, 4.69) is 10.2 Å². The van der Waals surface area contributed by atoms with Gasteiger partial charge in [0.1, 0.15) is 11.6 Å². The molecule has 0 aromatic heterocycles. The first-order valence-electron chi connectivity index (χ1n) is 6.66. The van der Waals surface area contributed by atoms with Crippen LogP contribution in [0.2, 0.25) is 0 Å². The molecule has 3 nitrogen and oxygen atoms in total. The summed E-state index contributed by atoms with van der Waals surface area (Å²) in [5.41, 5.74) is 0.852. The highest BCUT2D eigenvalue weighted by molar-refractivity contribution is 5.28. The zero-order valence-electron chi connectivity index (χ0n) is 10.4. The third-order valence-electron chi connectivity index (χ3n) is 3.96. The smallest absolute Gasteiger partial charge is 0.127 e. The molecular formula is C14H19FN2O. The number of nitrogens with one attached hydrogen (secondary N) is 1. The van der Waals surface area contributed by atoms with Crippen LogP contribution in [0.15, 0.2) is 18.2 Å². The van der Waals surface area contributed by atoms with E-state index >= 15 is 0 Å². The molecule has 2 bridgehead atoms. The van der Waals surface area contributed by atoms with Crippen molar-refractivity contribution >= 4 is 0 Å². The number of phenols is 1. The van der Waals surface area contributed by atoms with Crippen LogP contribution in [0, 0.1) is 5.82 Å². The second-order valence-electron chi connectivity index (χ2n) is 5.48. The van der Waals surface area contributed by atoms with Crippen LogP contribution in [0.3, 0.4) is 0 Å². The standard InChI is InChI=1S/C14H19FN2O/c15-11-5-10(6-14(18)7-11)8-17-4-3-12-1-2-13(9-17)16-12/h5-7,12-13,16,18H,1-4,8-9H2. The van der Waals surface area contributed by atoms with Crippen molar-refractivity contribution in [3.05, 3.63) is 29.6 Å². The molecule has 2 aliphatic heterocycles. The molecule has 0 radical (unpaired) electrons. The lowest BCUT2D eigenvalue weighted by Crippen LogP contribution is -2.34. The summed E-state index contributed by atoms with van der Waals surface area (Å²) in [7, 11) is 0. The number of benzene rings is 1. The topological polar surface area (TPSA) is 35.5 Å². The fraction of sp³-hybridized carbons (Fsp3) is 0.571. The molecule has 1 aromatic carbocycles. The molecule has 0 spiro atoms. The highest BCUT2D eigenvalue weighted by Crippen LogP contribution is 2.22. The molecule has 1 aromatic rings. The molecule has 3 rings (SSSR count). The number of halogens is 1. The second kappa shape index (κ2) is 4.86. The molecule has 2 aliphatic rings. The summed E-state index contributed by atoms with van der Waals surface area (Å²) >= 11 is 0. The molecule has 0 amide bonds. The first-order valence-corrected chi connectivity index (χ1v) is 6.66. The van der Waals surface area contributed by atoms with Crippen LogP contribution in [0.25, 0.3) is 0 Å². The number of hydrogen-bond donors (Lipinski definition) is 2. The Morgan fingerprint density at radius 1 is 1.22 bits per heavy atom. The molecule has 2 saturated heterocycles. The molecule has 18 heavy (non-hydrogen) atoms. The largest absolute Gasteiger partial charge is 0.508 e. The summed E-state index contributed by atoms with van der Waals surface area (Å²) in [5, 5.41) is 13.0. The Bertz CT molecular complexity index is 418. The lowest BCUT2D eigenvalue weighted by Gasteiger charge is -2.24. The number of rotatable bonds is 2. The maximum atomic E-state index is 13.2. The van der Waals surface area contributed by atoms with Gasteiger partial charge < -0.3 is 10.4 Å². The predicted octanol–water partition coefficient (Wildman–Crippen LogP) is 1.86. The Kier molecular flexibility index (Phi) is 3.22. The van der Waals surface area contributed by atoms with E-state index < -0.39 is 0 Å². The van der Waals surface area contributed by atoms with Gasteiger partial charge >= 0.3 is 0 Å². The third-order valence-corrected chi connectivity index (χ3v) is 3.96. The molecule has 2 fully saturated rings. The van der Waals surface area contributed by atoms with E-state index in [1.807, 2.05) is 0 Å². The van der Waals surface area contributed by atoms with Crippen LogP contribution in [0.4, 0.5) is 4.39 Å². The van der Waals surface area contributed by atoms with E-state index in [1.54, 1.807) is 6.07 Å².